The number of amides is 2. The maximum atomic E-state index is 12.5. The first-order valence-electron chi connectivity index (χ1n) is 10.3. The van der Waals surface area contributed by atoms with Gasteiger partial charge in [0.1, 0.15) is 5.82 Å². The van der Waals surface area contributed by atoms with Gasteiger partial charge in [0, 0.05) is 32.7 Å². The molecule has 0 spiro atoms. The van der Waals surface area contributed by atoms with Crippen molar-refractivity contribution >= 4 is 18.1 Å². The Bertz CT molecular complexity index is 636. The normalized spacial score (nSPS) is 16.2. The third-order valence-electron chi connectivity index (χ3n) is 5.16. The number of unbranched alkanes of at least 4 members (excludes halogenated alkanes) is 2. The summed E-state index contributed by atoms with van der Waals surface area (Å²) < 4.78 is 0. The van der Waals surface area contributed by atoms with Crippen molar-refractivity contribution in [1.82, 2.24) is 25.3 Å². The fourth-order valence-electron chi connectivity index (χ4n) is 3.31. The molecule has 0 bridgehead atoms. The monoisotopic (exact) mass is 406 g/mol. The van der Waals surface area contributed by atoms with Gasteiger partial charge in [0.15, 0.2) is 0 Å². The molecule has 1 aliphatic heterocycles. The molecule has 29 heavy (non-hydrogen) atoms. The molecule has 0 aliphatic carbocycles. The van der Waals surface area contributed by atoms with Gasteiger partial charge in [-0.25, -0.2) is 10.0 Å². The zero-order valence-corrected chi connectivity index (χ0v) is 17.5. The highest BCUT2D eigenvalue weighted by Gasteiger charge is 2.21. The number of hydroxylamine groups is 2. The topological polar surface area (TPSA) is 101 Å². The molecule has 9 nitrogen and oxygen atoms in total. The van der Waals surface area contributed by atoms with E-state index in [2.05, 4.69) is 39.6 Å². The van der Waals surface area contributed by atoms with Crippen LogP contribution in [-0.4, -0.2) is 77.1 Å². The van der Waals surface area contributed by atoms with Gasteiger partial charge in [0.05, 0.1) is 18.2 Å². The standard InChI is InChI=1S/C20H34N6O3/c1-3-4-5-7-17(14-26(29)16-27)20(28)23-22-19-9-6-8-18(21-19)15-25-12-10-24(2)11-13-25/h6,8-9,16-17,29H,3-5,7,10-15H2,1-2H3,(H,21,22)(H,23,28)/t17-/m1/s1. The number of hydrazine groups is 1. The van der Waals surface area contributed by atoms with Gasteiger partial charge in [-0.15, -0.1) is 0 Å². The number of carbonyl (C=O) groups is 2. The molecule has 1 aromatic heterocycles. The van der Waals surface area contributed by atoms with E-state index < -0.39 is 5.92 Å². The summed E-state index contributed by atoms with van der Waals surface area (Å²) in [5.74, 6) is -0.195. The third kappa shape index (κ3) is 8.35. The van der Waals surface area contributed by atoms with Crippen molar-refractivity contribution in [1.29, 1.82) is 0 Å². The van der Waals surface area contributed by atoms with Crippen LogP contribution in [0.2, 0.25) is 0 Å². The predicted octanol–water partition coefficient (Wildman–Crippen LogP) is 1.32. The van der Waals surface area contributed by atoms with Crippen molar-refractivity contribution in [2.24, 2.45) is 5.92 Å². The Morgan fingerprint density at radius 2 is 2.07 bits per heavy atom. The van der Waals surface area contributed by atoms with Crippen LogP contribution in [0.4, 0.5) is 5.82 Å². The smallest absolute Gasteiger partial charge is 0.243 e. The van der Waals surface area contributed by atoms with Crippen molar-refractivity contribution in [3.8, 4) is 0 Å². The van der Waals surface area contributed by atoms with Gasteiger partial charge in [-0.1, -0.05) is 32.3 Å². The van der Waals surface area contributed by atoms with Crippen LogP contribution in [0.1, 0.15) is 38.3 Å². The number of rotatable bonds is 12. The number of likely N-dealkylation sites (N-methyl/N-ethyl adjacent to an activating group) is 1. The molecular formula is C20H34N6O3. The van der Waals surface area contributed by atoms with E-state index in [1.807, 2.05) is 12.1 Å². The lowest BCUT2D eigenvalue weighted by atomic mass is 10.0. The van der Waals surface area contributed by atoms with Crippen LogP contribution in [0.25, 0.3) is 0 Å². The van der Waals surface area contributed by atoms with E-state index in [0.29, 0.717) is 23.7 Å². The Kier molecular flexibility index (Phi) is 9.82. The molecule has 1 aliphatic rings. The number of piperazine rings is 1. The molecule has 0 saturated carbocycles. The number of nitrogens with zero attached hydrogens (tertiary/aromatic N) is 4. The van der Waals surface area contributed by atoms with Crippen molar-refractivity contribution in [3.63, 3.8) is 0 Å². The second-order valence-corrected chi connectivity index (χ2v) is 7.63. The first-order valence-corrected chi connectivity index (χ1v) is 10.3. The van der Waals surface area contributed by atoms with Crippen LogP contribution in [0.5, 0.6) is 0 Å². The number of carbonyl (C=O) groups excluding carboxylic acids is 2. The molecule has 2 amide bonds. The molecule has 3 N–H and O–H groups in total. The Morgan fingerprint density at radius 1 is 1.31 bits per heavy atom. The Morgan fingerprint density at radius 3 is 2.76 bits per heavy atom. The lowest BCUT2D eigenvalue weighted by molar-refractivity contribution is -0.154. The van der Waals surface area contributed by atoms with Gasteiger partial charge in [-0.3, -0.25) is 30.5 Å². The van der Waals surface area contributed by atoms with Gasteiger partial charge in [-0.05, 0) is 25.6 Å². The zero-order chi connectivity index (χ0) is 21.1. The molecule has 1 fully saturated rings. The second-order valence-electron chi connectivity index (χ2n) is 7.63. The summed E-state index contributed by atoms with van der Waals surface area (Å²) in [5.41, 5.74) is 6.47. The minimum atomic E-state index is -0.488. The summed E-state index contributed by atoms with van der Waals surface area (Å²) in [5, 5.41) is 9.99. The number of pyridine rings is 1. The van der Waals surface area contributed by atoms with Crippen LogP contribution in [0.3, 0.4) is 0 Å². The first kappa shape index (κ1) is 23.1. The average Bonchev–Trinajstić information content (AvgIpc) is 2.73. The van der Waals surface area contributed by atoms with E-state index in [9.17, 15) is 14.8 Å². The molecular weight excluding hydrogens is 372 g/mol. The first-order chi connectivity index (χ1) is 14.0. The summed E-state index contributed by atoms with van der Waals surface area (Å²) in [6, 6.07) is 5.68. The van der Waals surface area contributed by atoms with E-state index in [1.165, 1.54) is 0 Å². The van der Waals surface area contributed by atoms with Gasteiger partial charge in [0.25, 0.3) is 0 Å². The molecule has 1 saturated heterocycles. The lowest BCUT2D eigenvalue weighted by Gasteiger charge is -2.32. The van der Waals surface area contributed by atoms with Gasteiger partial charge >= 0.3 is 0 Å². The Hall–Kier alpha value is -2.23. The van der Waals surface area contributed by atoms with Gasteiger partial charge in [-0.2, -0.15) is 0 Å². The summed E-state index contributed by atoms with van der Waals surface area (Å²) in [6.45, 7) is 6.96. The molecule has 1 atom stereocenters. The van der Waals surface area contributed by atoms with Gasteiger partial charge in [0.2, 0.25) is 12.3 Å². The number of hydrogen-bond acceptors (Lipinski definition) is 7. The molecule has 162 valence electrons. The van der Waals surface area contributed by atoms with E-state index in [4.69, 9.17) is 0 Å². The van der Waals surface area contributed by atoms with Crippen LogP contribution in [-0.2, 0) is 16.1 Å². The van der Waals surface area contributed by atoms with E-state index in [0.717, 1.165) is 57.7 Å². The zero-order valence-electron chi connectivity index (χ0n) is 17.5. The predicted molar refractivity (Wildman–Crippen MR) is 111 cm³/mol. The lowest BCUT2D eigenvalue weighted by Crippen LogP contribution is -2.44. The second kappa shape index (κ2) is 12.4. The van der Waals surface area contributed by atoms with Crippen LogP contribution < -0.4 is 10.9 Å². The average molecular weight is 407 g/mol. The summed E-state index contributed by atoms with van der Waals surface area (Å²) in [4.78, 5) is 32.5. The Labute approximate surface area is 173 Å². The van der Waals surface area contributed by atoms with Crippen molar-refractivity contribution < 1.29 is 14.8 Å². The number of anilines is 1. The van der Waals surface area contributed by atoms with E-state index in [-0.39, 0.29) is 12.5 Å². The SMILES string of the molecule is CCCCC[C@H](CN(O)C=O)C(=O)NNc1cccc(CN2CCN(C)CC2)n1. The van der Waals surface area contributed by atoms with E-state index >= 15 is 0 Å². The van der Waals surface area contributed by atoms with Crippen molar-refractivity contribution in [3.05, 3.63) is 23.9 Å². The number of nitrogens with one attached hydrogen (secondary N) is 2. The third-order valence-corrected chi connectivity index (χ3v) is 5.16. The minimum absolute atomic E-state index is 0.0302. The van der Waals surface area contributed by atoms with Gasteiger partial charge < -0.3 is 4.90 Å². The summed E-state index contributed by atoms with van der Waals surface area (Å²) in [7, 11) is 2.13. The molecule has 9 heteroatoms. The fourth-order valence-corrected chi connectivity index (χ4v) is 3.31. The molecule has 2 rings (SSSR count). The number of aromatic nitrogens is 1. The highest BCUT2D eigenvalue weighted by atomic mass is 16.5. The molecule has 0 aromatic carbocycles. The minimum Gasteiger partial charge on any atom is -0.304 e. The summed E-state index contributed by atoms with van der Waals surface area (Å²) in [6.07, 6.45) is 3.81. The van der Waals surface area contributed by atoms with Crippen LogP contribution >= 0.6 is 0 Å². The Balaban J connectivity index is 1.87. The highest BCUT2D eigenvalue weighted by molar-refractivity contribution is 5.80. The van der Waals surface area contributed by atoms with Crippen LogP contribution in [0.15, 0.2) is 18.2 Å². The maximum absolute atomic E-state index is 12.5. The summed E-state index contributed by atoms with van der Waals surface area (Å²) >= 11 is 0. The molecule has 1 aromatic rings. The van der Waals surface area contributed by atoms with E-state index in [1.54, 1.807) is 6.07 Å². The van der Waals surface area contributed by atoms with Crippen LogP contribution in [0, 0.1) is 5.92 Å². The maximum Gasteiger partial charge on any atom is 0.243 e. The number of hydrogen-bond donors (Lipinski definition) is 3. The quantitative estimate of drug-likeness (QED) is 0.208. The largest absolute Gasteiger partial charge is 0.304 e. The van der Waals surface area contributed by atoms with Crippen molar-refractivity contribution in [2.45, 2.75) is 39.2 Å². The molecule has 0 radical (unpaired) electrons. The van der Waals surface area contributed by atoms with Crippen molar-refractivity contribution in [2.75, 3.05) is 45.2 Å². The highest BCUT2D eigenvalue weighted by Crippen LogP contribution is 2.12. The molecule has 2 heterocycles. The molecule has 0 unspecified atom stereocenters. The fraction of sp³-hybridized carbons (Fsp3) is 0.650.